The fourth-order valence-corrected chi connectivity index (χ4v) is 3.44. The van der Waals surface area contributed by atoms with Crippen LogP contribution in [0.15, 0.2) is 36.5 Å². The molecule has 126 valence electrons. The molecule has 24 heavy (non-hydrogen) atoms. The van der Waals surface area contributed by atoms with Crippen molar-refractivity contribution in [3.63, 3.8) is 0 Å². The molecule has 4 rings (SSSR count). The zero-order chi connectivity index (χ0) is 16.6. The molecule has 2 aromatic rings. The van der Waals surface area contributed by atoms with E-state index in [1.807, 2.05) is 10.9 Å². The van der Waals surface area contributed by atoms with Crippen molar-refractivity contribution in [3.05, 3.63) is 53.6 Å². The van der Waals surface area contributed by atoms with Crippen LogP contribution in [0, 0.1) is 5.82 Å². The summed E-state index contributed by atoms with van der Waals surface area (Å²) < 4.78 is 15.9. The first-order valence-corrected chi connectivity index (χ1v) is 8.51. The first kappa shape index (κ1) is 15.3. The quantitative estimate of drug-likeness (QED) is 0.906. The van der Waals surface area contributed by atoms with Gasteiger partial charge in [-0.05, 0) is 44.4 Å². The van der Waals surface area contributed by atoms with Crippen LogP contribution >= 0.6 is 0 Å². The van der Waals surface area contributed by atoms with Crippen LogP contribution in [0.4, 0.5) is 4.39 Å². The predicted octanol–water partition coefficient (Wildman–Crippen LogP) is 2.37. The number of nitrogens with one attached hydrogen (secondary N) is 2. The lowest BCUT2D eigenvalue weighted by molar-refractivity contribution is 0.0923. The van der Waals surface area contributed by atoms with Crippen molar-refractivity contribution in [1.82, 2.24) is 20.4 Å². The summed E-state index contributed by atoms with van der Waals surface area (Å²) >= 11 is 0. The topological polar surface area (TPSA) is 59.0 Å². The van der Waals surface area contributed by atoms with Gasteiger partial charge in [0.05, 0.1) is 11.6 Å². The van der Waals surface area contributed by atoms with Gasteiger partial charge in [-0.2, -0.15) is 5.10 Å². The molecule has 0 bridgehead atoms. The van der Waals surface area contributed by atoms with Crippen LogP contribution in [0.1, 0.15) is 47.8 Å². The maximum Gasteiger partial charge on any atom is 0.272 e. The minimum Gasteiger partial charge on any atom is -0.341 e. The molecule has 1 atom stereocenters. The van der Waals surface area contributed by atoms with Gasteiger partial charge in [0, 0.05) is 18.3 Å². The minimum atomic E-state index is -0.571. The predicted molar refractivity (Wildman–Crippen MR) is 88.1 cm³/mol. The van der Waals surface area contributed by atoms with Gasteiger partial charge in [-0.3, -0.25) is 9.48 Å². The van der Waals surface area contributed by atoms with Gasteiger partial charge in [-0.1, -0.05) is 18.2 Å². The normalized spacial score (nSPS) is 22.1. The van der Waals surface area contributed by atoms with E-state index in [9.17, 15) is 9.18 Å². The Morgan fingerprint density at radius 1 is 1.33 bits per heavy atom. The van der Waals surface area contributed by atoms with Gasteiger partial charge in [0.1, 0.15) is 11.5 Å². The Balaban J connectivity index is 1.49. The Morgan fingerprint density at radius 2 is 2.17 bits per heavy atom. The molecular formula is C18H21FN4O. The molecule has 1 unspecified atom stereocenters. The largest absolute Gasteiger partial charge is 0.341 e. The molecule has 2 fully saturated rings. The molecule has 1 aromatic heterocycles. The van der Waals surface area contributed by atoms with Crippen molar-refractivity contribution in [2.24, 2.45) is 0 Å². The lowest BCUT2D eigenvalue weighted by Crippen LogP contribution is -2.36. The number of piperidine rings is 1. The number of carbonyl (C=O) groups excluding carboxylic acids is 1. The molecule has 2 aliphatic rings. The summed E-state index contributed by atoms with van der Waals surface area (Å²) in [7, 11) is 0. The van der Waals surface area contributed by atoms with E-state index < -0.39 is 5.54 Å². The molecule has 1 aliphatic heterocycles. The lowest BCUT2D eigenvalue weighted by atomic mass is 10.0. The Hall–Kier alpha value is -2.21. The van der Waals surface area contributed by atoms with E-state index in [2.05, 4.69) is 15.7 Å². The van der Waals surface area contributed by atoms with Crippen LogP contribution in [-0.4, -0.2) is 28.8 Å². The SMILES string of the molecule is O=C(NC1(c2ccccc2F)CC1)c1ccn(C2CCCNC2)n1. The van der Waals surface area contributed by atoms with Gasteiger partial charge in [0.15, 0.2) is 0 Å². The van der Waals surface area contributed by atoms with Gasteiger partial charge < -0.3 is 10.6 Å². The maximum absolute atomic E-state index is 14.0. The highest BCUT2D eigenvalue weighted by Crippen LogP contribution is 2.46. The first-order valence-electron chi connectivity index (χ1n) is 8.51. The highest BCUT2D eigenvalue weighted by atomic mass is 19.1. The summed E-state index contributed by atoms with van der Waals surface area (Å²) in [5.41, 5.74) is 0.385. The second-order valence-electron chi connectivity index (χ2n) is 6.70. The number of hydrogen-bond donors (Lipinski definition) is 2. The van der Waals surface area contributed by atoms with Crippen LogP contribution in [0.2, 0.25) is 0 Å². The number of hydrogen-bond acceptors (Lipinski definition) is 3. The second kappa shape index (κ2) is 6.02. The number of carbonyl (C=O) groups is 1. The molecule has 5 nitrogen and oxygen atoms in total. The first-order chi connectivity index (χ1) is 11.7. The number of aromatic nitrogens is 2. The maximum atomic E-state index is 14.0. The van der Waals surface area contributed by atoms with E-state index in [1.165, 1.54) is 6.07 Å². The van der Waals surface area contributed by atoms with Crippen molar-refractivity contribution in [2.75, 3.05) is 13.1 Å². The van der Waals surface area contributed by atoms with Crippen molar-refractivity contribution >= 4 is 5.91 Å². The third-order valence-electron chi connectivity index (χ3n) is 4.98. The molecule has 0 radical (unpaired) electrons. The van der Waals surface area contributed by atoms with Crippen LogP contribution in [0.3, 0.4) is 0 Å². The Morgan fingerprint density at radius 3 is 2.88 bits per heavy atom. The fraction of sp³-hybridized carbons (Fsp3) is 0.444. The monoisotopic (exact) mass is 328 g/mol. The lowest BCUT2D eigenvalue weighted by Gasteiger charge is -2.23. The van der Waals surface area contributed by atoms with Gasteiger partial charge in [0.2, 0.25) is 0 Å². The molecule has 1 aromatic carbocycles. The van der Waals surface area contributed by atoms with E-state index in [4.69, 9.17) is 0 Å². The Kier molecular flexibility index (Phi) is 3.84. The van der Waals surface area contributed by atoms with Crippen molar-refractivity contribution in [3.8, 4) is 0 Å². The summed E-state index contributed by atoms with van der Waals surface area (Å²) in [5.74, 6) is -0.507. The van der Waals surface area contributed by atoms with Gasteiger partial charge >= 0.3 is 0 Å². The van der Waals surface area contributed by atoms with Crippen molar-refractivity contribution < 1.29 is 9.18 Å². The summed E-state index contributed by atoms with van der Waals surface area (Å²) in [6.45, 7) is 1.91. The smallest absolute Gasteiger partial charge is 0.272 e. The van der Waals surface area contributed by atoms with Gasteiger partial charge in [-0.15, -0.1) is 0 Å². The zero-order valence-corrected chi connectivity index (χ0v) is 13.5. The number of nitrogens with zero attached hydrogens (tertiary/aromatic N) is 2. The second-order valence-corrected chi connectivity index (χ2v) is 6.70. The van der Waals surface area contributed by atoms with Gasteiger partial charge in [0.25, 0.3) is 5.91 Å². The Bertz CT molecular complexity index is 747. The number of benzene rings is 1. The average molecular weight is 328 g/mol. The van der Waals surface area contributed by atoms with Crippen LogP contribution < -0.4 is 10.6 Å². The van der Waals surface area contributed by atoms with E-state index >= 15 is 0 Å². The summed E-state index contributed by atoms with van der Waals surface area (Å²) in [4.78, 5) is 12.6. The minimum absolute atomic E-state index is 0.238. The van der Waals surface area contributed by atoms with Crippen LogP contribution in [0.5, 0.6) is 0 Å². The van der Waals surface area contributed by atoms with E-state index in [0.29, 0.717) is 17.3 Å². The number of rotatable bonds is 4. The number of halogens is 1. The zero-order valence-electron chi connectivity index (χ0n) is 13.5. The van der Waals surface area contributed by atoms with Crippen molar-refractivity contribution in [1.29, 1.82) is 0 Å². The molecule has 0 spiro atoms. The third kappa shape index (κ3) is 2.82. The number of amides is 1. The van der Waals surface area contributed by atoms with Crippen molar-refractivity contribution in [2.45, 2.75) is 37.3 Å². The molecule has 1 aliphatic carbocycles. The molecular weight excluding hydrogens is 307 g/mol. The van der Waals surface area contributed by atoms with Crippen LogP contribution in [0.25, 0.3) is 0 Å². The van der Waals surface area contributed by atoms with E-state index in [1.54, 1.807) is 24.3 Å². The van der Waals surface area contributed by atoms with Crippen LogP contribution in [-0.2, 0) is 5.54 Å². The summed E-state index contributed by atoms with van der Waals surface area (Å²) in [6.07, 6.45) is 5.55. The molecule has 1 saturated carbocycles. The van der Waals surface area contributed by atoms with E-state index in [0.717, 1.165) is 38.8 Å². The highest BCUT2D eigenvalue weighted by molar-refractivity contribution is 5.93. The summed E-state index contributed by atoms with van der Waals surface area (Å²) in [6, 6.07) is 8.68. The standard InChI is InChI=1S/C18H21FN4O/c19-15-6-2-1-5-14(15)18(8-9-18)21-17(24)16-7-11-23(22-16)13-4-3-10-20-12-13/h1-2,5-7,11,13,20H,3-4,8-10,12H2,(H,21,24). The average Bonchev–Trinajstić information content (AvgIpc) is 3.21. The molecule has 1 amide bonds. The molecule has 6 heteroatoms. The molecule has 1 saturated heterocycles. The summed E-state index contributed by atoms with van der Waals surface area (Å²) in [5, 5.41) is 10.8. The Labute approximate surface area is 140 Å². The van der Waals surface area contributed by atoms with Gasteiger partial charge in [-0.25, -0.2) is 4.39 Å². The van der Waals surface area contributed by atoms with E-state index in [-0.39, 0.29) is 11.7 Å². The third-order valence-corrected chi connectivity index (χ3v) is 4.98. The highest BCUT2D eigenvalue weighted by Gasteiger charge is 2.47. The fourth-order valence-electron chi connectivity index (χ4n) is 3.44. The molecule has 2 heterocycles. The molecule has 2 N–H and O–H groups in total.